The first-order valence-electron chi connectivity index (χ1n) is 3.95. The summed E-state index contributed by atoms with van der Waals surface area (Å²) in [5.74, 6) is 0. The van der Waals surface area contributed by atoms with Crippen molar-refractivity contribution in [2.24, 2.45) is 5.73 Å². The van der Waals surface area contributed by atoms with Gasteiger partial charge in [0.05, 0.1) is 0 Å². The molecule has 1 atom stereocenters. The number of nitrogen functional groups attached to an aromatic ring is 1. The molecule has 66 valence electrons. The van der Waals surface area contributed by atoms with Crippen LogP contribution in [0.25, 0.3) is 0 Å². The van der Waals surface area contributed by atoms with E-state index in [4.69, 9.17) is 11.5 Å². The molecule has 3 heteroatoms. The average molecular weight is 229 g/mol. The van der Waals surface area contributed by atoms with Crippen LogP contribution in [-0.4, -0.2) is 0 Å². The fraction of sp³-hybridized carbons (Fsp3) is 0.333. The van der Waals surface area contributed by atoms with Crippen molar-refractivity contribution in [1.29, 1.82) is 0 Å². The minimum absolute atomic E-state index is 0.0976. The van der Waals surface area contributed by atoms with E-state index in [2.05, 4.69) is 22.9 Å². The summed E-state index contributed by atoms with van der Waals surface area (Å²) in [6.45, 7) is 2.06. The lowest BCUT2D eigenvalue weighted by Crippen LogP contribution is -2.08. The molecule has 0 spiro atoms. The van der Waals surface area contributed by atoms with Gasteiger partial charge in [0, 0.05) is 16.2 Å². The molecule has 1 aromatic rings. The fourth-order valence-corrected chi connectivity index (χ4v) is 1.28. The van der Waals surface area contributed by atoms with Crippen LogP contribution in [-0.2, 0) is 0 Å². The van der Waals surface area contributed by atoms with Gasteiger partial charge in [-0.15, -0.1) is 0 Å². The van der Waals surface area contributed by atoms with E-state index in [1.54, 1.807) is 0 Å². The van der Waals surface area contributed by atoms with Gasteiger partial charge in [-0.05, 0) is 40.0 Å². The molecule has 0 saturated heterocycles. The Kier molecular flexibility index (Phi) is 3.12. The molecule has 0 aliphatic heterocycles. The van der Waals surface area contributed by atoms with Crippen LogP contribution in [0.1, 0.15) is 24.9 Å². The quantitative estimate of drug-likeness (QED) is 0.765. The van der Waals surface area contributed by atoms with Gasteiger partial charge in [0.1, 0.15) is 0 Å². The molecule has 2 nitrogen and oxygen atoms in total. The van der Waals surface area contributed by atoms with E-state index in [0.29, 0.717) is 0 Å². The third-order valence-corrected chi connectivity index (χ3v) is 2.61. The second-order valence-electron chi connectivity index (χ2n) is 2.80. The maximum Gasteiger partial charge on any atom is 0.0461 e. The Morgan fingerprint density at radius 3 is 2.67 bits per heavy atom. The van der Waals surface area contributed by atoms with E-state index in [1.807, 2.05) is 18.2 Å². The molecule has 1 aromatic carbocycles. The monoisotopic (exact) mass is 228 g/mol. The van der Waals surface area contributed by atoms with Crippen LogP contribution >= 0.6 is 15.9 Å². The summed E-state index contributed by atoms with van der Waals surface area (Å²) < 4.78 is 0.926. The largest absolute Gasteiger partial charge is 0.398 e. The van der Waals surface area contributed by atoms with Crippen molar-refractivity contribution in [3.8, 4) is 0 Å². The Labute approximate surface area is 81.1 Å². The lowest BCUT2D eigenvalue weighted by molar-refractivity contribution is 0.699. The molecule has 0 saturated carbocycles. The number of halogens is 1. The number of nitrogens with two attached hydrogens (primary N) is 2. The molecular formula is C9H13BrN2. The standard InChI is InChI=1S/C9H13BrN2/c1-2-8(11)6-3-4-7(10)9(12)5-6/h3-5,8H,2,11-12H2,1H3/t8-/m0/s1. The van der Waals surface area contributed by atoms with Crippen molar-refractivity contribution in [3.63, 3.8) is 0 Å². The molecule has 0 bridgehead atoms. The lowest BCUT2D eigenvalue weighted by Gasteiger charge is -2.10. The zero-order chi connectivity index (χ0) is 9.14. The van der Waals surface area contributed by atoms with Gasteiger partial charge in [-0.2, -0.15) is 0 Å². The van der Waals surface area contributed by atoms with Crippen LogP contribution in [0.2, 0.25) is 0 Å². The summed E-state index contributed by atoms with van der Waals surface area (Å²) in [5.41, 5.74) is 13.4. The van der Waals surface area contributed by atoms with Crippen molar-refractivity contribution >= 4 is 21.6 Å². The lowest BCUT2D eigenvalue weighted by atomic mass is 10.1. The summed E-state index contributed by atoms with van der Waals surface area (Å²) >= 11 is 3.33. The molecule has 0 heterocycles. The Morgan fingerprint density at radius 2 is 2.17 bits per heavy atom. The zero-order valence-electron chi connectivity index (χ0n) is 7.05. The topological polar surface area (TPSA) is 52.0 Å². The van der Waals surface area contributed by atoms with Gasteiger partial charge in [0.15, 0.2) is 0 Å². The smallest absolute Gasteiger partial charge is 0.0461 e. The highest BCUT2D eigenvalue weighted by Crippen LogP contribution is 2.23. The highest BCUT2D eigenvalue weighted by Gasteiger charge is 2.04. The average Bonchev–Trinajstić information content (AvgIpc) is 2.08. The maximum absolute atomic E-state index is 5.84. The highest BCUT2D eigenvalue weighted by atomic mass is 79.9. The van der Waals surface area contributed by atoms with Gasteiger partial charge >= 0.3 is 0 Å². The summed E-state index contributed by atoms with van der Waals surface area (Å²) in [6, 6.07) is 5.94. The number of rotatable bonds is 2. The third kappa shape index (κ3) is 1.99. The first-order valence-corrected chi connectivity index (χ1v) is 4.75. The Bertz CT molecular complexity index is 273. The minimum Gasteiger partial charge on any atom is -0.398 e. The van der Waals surface area contributed by atoms with Crippen LogP contribution in [0.3, 0.4) is 0 Å². The van der Waals surface area contributed by atoms with E-state index in [0.717, 1.165) is 22.1 Å². The molecule has 0 aromatic heterocycles. The fourth-order valence-electron chi connectivity index (χ4n) is 1.03. The van der Waals surface area contributed by atoms with Crippen molar-refractivity contribution in [3.05, 3.63) is 28.2 Å². The van der Waals surface area contributed by atoms with Crippen LogP contribution in [0.15, 0.2) is 22.7 Å². The van der Waals surface area contributed by atoms with Gasteiger partial charge < -0.3 is 11.5 Å². The van der Waals surface area contributed by atoms with Crippen LogP contribution < -0.4 is 11.5 Å². The second-order valence-corrected chi connectivity index (χ2v) is 3.65. The molecule has 0 fully saturated rings. The minimum atomic E-state index is 0.0976. The molecule has 0 unspecified atom stereocenters. The van der Waals surface area contributed by atoms with Crippen molar-refractivity contribution in [2.75, 3.05) is 5.73 Å². The van der Waals surface area contributed by atoms with Gasteiger partial charge in [-0.3, -0.25) is 0 Å². The first kappa shape index (κ1) is 9.55. The normalized spacial score (nSPS) is 12.9. The summed E-state index contributed by atoms with van der Waals surface area (Å²) in [4.78, 5) is 0. The highest BCUT2D eigenvalue weighted by molar-refractivity contribution is 9.10. The van der Waals surface area contributed by atoms with Crippen molar-refractivity contribution in [1.82, 2.24) is 0 Å². The third-order valence-electron chi connectivity index (χ3n) is 1.89. The van der Waals surface area contributed by atoms with Gasteiger partial charge in [0.2, 0.25) is 0 Å². The van der Waals surface area contributed by atoms with E-state index < -0.39 is 0 Å². The van der Waals surface area contributed by atoms with E-state index in [-0.39, 0.29) is 6.04 Å². The summed E-state index contributed by atoms with van der Waals surface area (Å²) in [6.07, 6.45) is 0.932. The molecule has 1 rings (SSSR count). The number of anilines is 1. The SMILES string of the molecule is CC[C@H](N)c1ccc(Br)c(N)c1. The van der Waals surface area contributed by atoms with E-state index in [9.17, 15) is 0 Å². The molecule has 0 aliphatic rings. The number of hydrogen-bond donors (Lipinski definition) is 2. The molecule has 0 amide bonds. The van der Waals surface area contributed by atoms with E-state index >= 15 is 0 Å². The molecule has 0 aliphatic carbocycles. The first-order chi connectivity index (χ1) is 5.65. The Hall–Kier alpha value is -0.540. The zero-order valence-corrected chi connectivity index (χ0v) is 8.64. The molecule has 4 N–H and O–H groups in total. The van der Waals surface area contributed by atoms with Gasteiger partial charge in [-0.25, -0.2) is 0 Å². The Morgan fingerprint density at radius 1 is 1.50 bits per heavy atom. The van der Waals surface area contributed by atoms with Crippen LogP contribution in [0.4, 0.5) is 5.69 Å². The molecule has 12 heavy (non-hydrogen) atoms. The Balaban J connectivity index is 2.96. The second kappa shape index (κ2) is 3.92. The predicted molar refractivity (Wildman–Crippen MR) is 55.8 cm³/mol. The van der Waals surface area contributed by atoms with Crippen LogP contribution in [0.5, 0.6) is 0 Å². The maximum atomic E-state index is 5.84. The molecular weight excluding hydrogens is 216 g/mol. The predicted octanol–water partition coefficient (Wildman–Crippen LogP) is 2.44. The van der Waals surface area contributed by atoms with Crippen molar-refractivity contribution in [2.45, 2.75) is 19.4 Å². The van der Waals surface area contributed by atoms with E-state index in [1.165, 1.54) is 0 Å². The van der Waals surface area contributed by atoms with Gasteiger partial charge in [-0.1, -0.05) is 13.0 Å². The number of benzene rings is 1. The van der Waals surface area contributed by atoms with Crippen molar-refractivity contribution < 1.29 is 0 Å². The summed E-state index contributed by atoms with van der Waals surface area (Å²) in [5, 5.41) is 0. The van der Waals surface area contributed by atoms with Gasteiger partial charge in [0.25, 0.3) is 0 Å². The summed E-state index contributed by atoms with van der Waals surface area (Å²) in [7, 11) is 0. The number of hydrogen-bond acceptors (Lipinski definition) is 2. The molecule has 0 radical (unpaired) electrons. The van der Waals surface area contributed by atoms with Crippen LogP contribution in [0, 0.1) is 0 Å².